The maximum Gasteiger partial charge on any atom is 0.265 e. The Labute approximate surface area is 158 Å². The second kappa shape index (κ2) is 8.32. The number of nitrogens with one attached hydrogen (secondary N) is 1. The molecule has 1 N–H and O–H groups in total. The van der Waals surface area contributed by atoms with E-state index in [1.54, 1.807) is 43.3 Å². The highest BCUT2D eigenvalue weighted by atomic mass is 16.5. The SMILES string of the molecule is Cc1ccc(NC(=O)[C@@H](C)Oc2ccc(C(=O)c3ccccc3)cc2)cc1. The molecule has 4 heteroatoms. The van der Waals surface area contributed by atoms with Crippen LogP contribution in [0.5, 0.6) is 5.75 Å². The van der Waals surface area contributed by atoms with Crippen molar-refractivity contribution in [3.63, 3.8) is 0 Å². The fraction of sp³-hybridized carbons (Fsp3) is 0.130. The van der Waals surface area contributed by atoms with Crippen molar-refractivity contribution in [2.45, 2.75) is 20.0 Å². The van der Waals surface area contributed by atoms with Gasteiger partial charge in [-0.25, -0.2) is 0 Å². The number of hydrogen-bond acceptors (Lipinski definition) is 3. The molecule has 0 unspecified atom stereocenters. The smallest absolute Gasteiger partial charge is 0.265 e. The number of ketones is 1. The van der Waals surface area contributed by atoms with Gasteiger partial charge in [0.15, 0.2) is 11.9 Å². The van der Waals surface area contributed by atoms with Crippen LogP contribution in [0, 0.1) is 6.92 Å². The molecule has 3 aromatic carbocycles. The standard InChI is InChI=1S/C23H21NO3/c1-16-8-12-20(13-9-16)24-23(26)17(2)27-21-14-10-19(11-15-21)22(25)18-6-4-3-5-7-18/h3-15,17H,1-2H3,(H,24,26)/t17-/m1/s1. The number of benzene rings is 3. The first-order valence-corrected chi connectivity index (χ1v) is 8.77. The van der Waals surface area contributed by atoms with E-state index in [2.05, 4.69) is 5.32 Å². The van der Waals surface area contributed by atoms with Crippen molar-refractivity contribution in [2.24, 2.45) is 0 Å². The number of aryl methyl sites for hydroxylation is 1. The lowest BCUT2D eigenvalue weighted by molar-refractivity contribution is -0.122. The van der Waals surface area contributed by atoms with E-state index in [9.17, 15) is 9.59 Å². The molecule has 0 aliphatic heterocycles. The van der Waals surface area contributed by atoms with Crippen LogP contribution in [0.1, 0.15) is 28.4 Å². The highest BCUT2D eigenvalue weighted by Crippen LogP contribution is 2.17. The number of anilines is 1. The van der Waals surface area contributed by atoms with Crippen molar-refractivity contribution < 1.29 is 14.3 Å². The first-order chi connectivity index (χ1) is 13.0. The molecule has 0 bridgehead atoms. The Kier molecular flexibility index (Phi) is 5.67. The Hall–Kier alpha value is -3.40. The average molecular weight is 359 g/mol. The summed E-state index contributed by atoms with van der Waals surface area (Å²) in [6.07, 6.45) is -0.665. The van der Waals surface area contributed by atoms with Crippen molar-refractivity contribution >= 4 is 17.4 Å². The lowest BCUT2D eigenvalue weighted by atomic mass is 10.0. The van der Waals surface area contributed by atoms with Gasteiger partial charge in [0.25, 0.3) is 5.91 Å². The van der Waals surface area contributed by atoms with Gasteiger partial charge in [-0.15, -0.1) is 0 Å². The topological polar surface area (TPSA) is 55.4 Å². The summed E-state index contributed by atoms with van der Waals surface area (Å²) < 4.78 is 5.69. The van der Waals surface area contributed by atoms with Crippen LogP contribution < -0.4 is 10.1 Å². The minimum absolute atomic E-state index is 0.0488. The zero-order chi connectivity index (χ0) is 19.2. The van der Waals surface area contributed by atoms with E-state index >= 15 is 0 Å². The van der Waals surface area contributed by atoms with Gasteiger partial charge in [0, 0.05) is 16.8 Å². The highest BCUT2D eigenvalue weighted by Gasteiger charge is 2.15. The van der Waals surface area contributed by atoms with E-state index in [1.807, 2.05) is 49.4 Å². The van der Waals surface area contributed by atoms with Crippen molar-refractivity contribution in [2.75, 3.05) is 5.32 Å². The molecule has 0 heterocycles. The largest absolute Gasteiger partial charge is 0.481 e. The summed E-state index contributed by atoms with van der Waals surface area (Å²) in [6, 6.07) is 23.5. The maximum absolute atomic E-state index is 12.4. The van der Waals surface area contributed by atoms with Gasteiger partial charge in [0.1, 0.15) is 5.75 Å². The maximum atomic E-state index is 12.4. The zero-order valence-electron chi connectivity index (χ0n) is 15.3. The first-order valence-electron chi connectivity index (χ1n) is 8.77. The molecule has 0 aliphatic carbocycles. The molecule has 0 fully saturated rings. The summed E-state index contributed by atoms with van der Waals surface area (Å²) in [7, 11) is 0. The van der Waals surface area contributed by atoms with Crippen LogP contribution in [0.25, 0.3) is 0 Å². The predicted molar refractivity (Wildman–Crippen MR) is 106 cm³/mol. The second-order valence-corrected chi connectivity index (χ2v) is 6.33. The van der Waals surface area contributed by atoms with Gasteiger partial charge in [0.2, 0.25) is 0 Å². The van der Waals surface area contributed by atoms with Crippen LogP contribution in [-0.4, -0.2) is 17.8 Å². The number of carbonyl (C=O) groups excluding carboxylic acids is 2. The number of carbonyl (C=O) groups is 2. The molecule has 0 aromatic heterocycles. The Bertz CT molecular complexity index is 916. The molecule has 1 atom stereocenters. The second-order valence-electron chi connectivity index (χ2n) is 6.33. The molecule has 0 saturated heterocycles. The predicted octanol–water partition coefficient (Wildman–Crippen LogP) is 4.63. The molecule has 0 aliphatic rings. The summed E-state index contributed by atoms with van der Waals surface area (Å²) in [5.74, 6) is 0.252. The molecule has 4 nitrogen and oxygen atoms in total. The summed E-state index contributed by atoms with van der Waals surface area (Å²) in [5.41, 5.74) is 3.06. The van der Waals surface area contributed by atoms with Crippen LogP contribution >= 0.6 is 0 Å². The monoisotopic (exact) mass is 359 g/mol. The molecule has 3 rings (SSSR count). The van der Waals surface area contributed by atoms with Gasteiger partial charge < -0.3 is 10.1 Å². The summed E-state index contributed by atoms with van der Waals surface area (Å²) >= 11 is 0. The van der Waals surface area contributed by atoms with Gasteiger partial charge in [-0.1, -0.05) is 48.0 Å². The molecule has 0 spiro atoms. The molecular formula is C23H21NO3. The normalized spacial score (nSPS) is 11.5. The van der Waals surface area contributed by atoms with Crippen molar-refractivity contribution in [3.8, 4) is 5.75 Å². The fourth-order valence-corrected chi connectivity index (χ4v) is 2.58. The number of ether oxygens (including phenoxy) is 1. The van der Waals surface area contributed by atoms with Crippen molar-refractivity contribution in [3.05, 3.63) is 95.6 Å². The van der Waals surface area contributed by atoms with E-state index < -0.39 is 6.10 Å². The third kappa shape index (κ3) is 4.82. The lowest BCUT2D eigenvalue weighted by Gasteiger charge is -2.15. The van der Waals surface area contributed by atoms with E-state index in [4.69, 9.17) is 4.74 Å². The molecule has 3 aromatic rings. The Morgan fingerprint density at radius 1 is 0.815 bits per heavy atom. The first kappa shape index (κ1) is 18.4. The Morgan fingerprint density at radius 2 is 1.41 bits per heavy atom. The molecule has 0 saturated carbocycles. The molecule has 1 amide bonds. The van der Waals surface area contributed by atoms with Crippen LogP contribution in [-0.2, 0) is 4.79 Å². The quantitative estimate of drug-likeness (QED) is 0.653. The molecule has 136 valence electrons. The van der Waals surface area contributed by atoms with E-state index in [0.29, 0.717) is 16.9 Å². The minimum atomic E-state index is -0.665. The van der Waals surface area contributed by atoms with Crippen LogP contribution in [0.4, 0.5) is 5.69 Å². The number of hydrogen-bond donors (Lipinski definition) is 1. The summed E-state index contributed by atoms with van der Waals surface area (Å²) in [6.45, 7) is 3.68. The molecule has 27 heavy (non-hydrogen) atoms. The third-order valence-corrected chi connectivity index (χ3v) is 4.15. The highest BCUT2D eigenvalue weighted by molar-refractivity contribution is 6.09. The molecular weight excluding hydrogens is 338 g/mol. The lowest BCUT2D eigenvalue weighted by Crippen LogP contribution is -2.30. The van der Waals surface area contributed by atoms with Gasteiger partial charge in [-0.05, 0) is 50.2 Å². The van der Waals surface area contributed by atoms with Gasteiger partial charge >= 0.3 is 0 Å². The van der Waals surface area contributed by atoms with Crippen molar-refractivity contribution in [1.82, 2.24) is 0 Å². The summed E-state index contributed by atoms with van der Waals surface area (Å²) in [5, 5.41) is 2.82. The zero-order valence-corrected chi connectivity index (χ0v) is 15.3. The Morgan fingerprint density at radius 3 is 2.04 bits per heavy atom. The van der Waals surface area contributed by atoms with Crippen LogP contribution in [0.15, 0.2) is 78.9 Å². The fourth-order valence-electron chi connectivity index (χ4n) is 2.58. The number of rotatable bonds is 6. The summed E-state index contributed by atoms with van der Waals surface area (Å²) in [4.78, 5) is 24.7. The van der Waals surface area contributed by atoms with E-state index in [0.717, 1.165) is 11.3 Å². The van der Waals surface area contributed by atoms with Crippen molar-refractivity contribution in [1.29, 1.82) is 0 Å². The van der Waals surface area contributed by atoms with Crippen LogP contribution in [0.2, 0.25) is 0 Å². The third-order valence-electron chi connectivity index (χ3n) is 4.15. The van der Waals surface area contributed by atoms with E-state index in [1.165, 1.54) is 0 Å². The Balaban J connectivity index is 1.61. The van der Waals surface area contributed by atoms with Gasteiger partial charge in [-0.3, -0.25) is 9.59 Å². The van der Waals surface area contributed by atoms with Gasteiger partial charge in [-0.2, -0.15) is 0 Å². The molecule has 0 radical (unpaired) electrons. The minimum Gasteiger partial charge on any atom is -0.481 e. The van der Waals surface area contributed by atoms with Crippen LogP contribution in [0.3, 0.4) is 0 Å². The van der Waals surface area contributed by atoms with E-state index in [-0.39, 0.29) is 11.7 Å². The number of amides is 1. The van der Waals surface area contributed by atoms with Gasteiger partial charge in [0.05, 0.1) is 0 Å². The average Bonchev–Trinajstić information content (AvgIpc) is 2.70.